The highest BCUT2D eigenvalue weighted by Crippen LogP contribution is 1.95. The SMILES string of the molecule is C#CCCCCC.Cl.Cl. The fourth-order valence-corrected chi connectivity index (χ4v) is 0.477. The van der Waals surface area contributed by atoms with Crippen molar-refractivity contribution in [2.24, 2.45) is 0 Å². The molecule has 0 rings (SSSR count). The van der Waals surface area contributed by atoms with Gasteiger partial charge in [0.1, 0.15) is 0 Å². The van der Waals surface area contributed by atoms with E-state index in [1.807, 2.05) is 0 Å². The molecule has 0 aliphatic heterocycles. The van der Waals surface area contributed by atoms with Crippen molar-refractivity contribution in [2.45, 2.75) is 32.6 Å². The third kappa shape index (κ3) is 17.9. The highest BCUT2D eigenvalue weighted by atomic mass is 35.5. The van der Waals surface area contributed by atoms with Crippen LogP contribution in [-0.4, -0.2) is 0 Å². The summed E-state index contributed by atoms with van der Waals surface area (Å²) >= 11 is 0. The number of halogens is 2. The highest BCUT2D eigenvalue weighted by Gasteiger charge is 1.77. The zero-order chi connectivity index (χ0) is 5.54. The van der Waals surface area contributed by atoms with Crippen LogP contribution in [0.15, 0.2) is 0 Å². The molecule has 0 aromatic rings. The molecule has 0 aliphatic carbocycles. The number of unbranched alkanes of at least 4 members (excludes halogenated alkanes) is 3. The van der Waals surface area contributed by atoms with Crippen LogP contribution in [0, 0.1) is 12.3 Å². The molecular weight excluding hydrogens is 155 g/mol. The van der Waals surface area contributed by atoms with Crippen LogP contribution in [0.5, 0.6) is 0 Å². The van der Waals surface area contributed by atoms with Crippen molar-refractivity contribution < 1.29 is 0 Å². The van der Waals surface area contributed by atoms with E-state index in [9.17, 15) is 0 Å². The predicted octanol–water partition coefficient (Wildman–Crippen LogP) is 3.04. The maximum atomic E-state index is 5.02. The molecule has 0 bridgehead atoms. The van der Waals surface area contributed by atoms with E-state index in [-0.39, 0.29) is 24.8 Å². The van der Waals surface area contributed by atoms with E-state index in [1.165, 1.54) is 19.3 Å². The van der Waals surface area contributed by atoms with Crippen LogP contribution in [0.4, 0.5) is 0 Å². The summed E-state index contributed by atoms with van der Waals surface area (Å²) in [6.07, 6.45) is 9.72. The van der Waals surface area contributed by atoms with Gasteiger partial charge < -0.3 is 0 Å². The van der Waals surface area contributed by atoms with Gasteiger partial charge >= 0.3 is 0 Å². The van der Waals surface area contributed by atoms with E-state index < -0.39 is 0 Å². The maximum absolute atomic E-state index is 5.02. The average Bonchev–Trinajstić information content (AvgIpc) is 1.69. The minimum atomic E-state index is 0. The summed E-state index contributed by atoms with van der Waals surface area (Å²) in [6.45, 7) is 2.18. The van der Waals surface area contributed by atoms with E-state index in [2.05, 4.69) is 12.8 Å². The van der Waals surface area contributed by atoms with Gasteiger partial charge in [-0.15, -0.1) is 37.2 Å². The second-order valence-corrected chi connectivity index (χ2v) is 1.66. The first-order valence-corrected chi connectivity index (χ1v) is 2.85. The van der Waals surface area contributed by atoms with Crippen LogP contribution in [-0.2, 0) is 0 Å². The van der Waals surface area contributed by atoms with Crippen LogP contribution >= 0.6 is 24.8 Å². The minimum absolute atomic E-state index is 0. The summed E-state index contributed by atoms with van der Waals surface area (Å²) in [4.78, 5) is 0. The first-order chi connectivity index (χ1) is 3.41. The molecule has 0 nitrogen and oxygen atoms in total. The Morgan fingerprint density at radius 3 is 2.11 bits per heavy atom. The summed E-state index contributed by atoms with van der Waals surface area (Å²) in [5.41, 5.74) is 0. The van der Waals surface area contributed by atoms with Crippen molar-refractivity contribution in [3.63, 3.8) is 0 Å². The average molecular weight is 169 g/mol. The van der Waals surface area contributed by atoms with Gasteiger partial charge in [0.2, 0.25) is 0 Å². The van der Waals surface area contributed by atoms with Gasteiger partial charge in [0.25, 0.3) is 0 Å². The molecule has 56 valence electrons. The normalized spacial score (nSPS) is 6.22. The molecule has 9 heavy (non-hydrogen) atoms. The molecule has 0 amide bonds. The molecule has 0 atom stereocenters. The van der Waals surface area contributed by atoms with Gasteiger partial charge in [-0.05, 0) is 6.42 Å². The molecule has 0 N–H and O–H groups in total. The lowest BCUT2D eigenvalue weighted by molar-refractivity contribution is 0.737. The third-order valence-electron chi connectivity index (χ3n) is 0.925. The van der Waals surface area contributed by atoms with Crippen LogP contribution in [0.3, 0.4) is 0 Å². The predicted molar refractivity (Wildman–Crippen MR) is 47.5 cm³/mol. The summed E-state index contributed by atoms with van der Waals surface area (Å²) in [7, 11) is 0. The van der Waals surface area contributed by atoms with Crippen LogP contribution < -0.4 is 0 Å². The van der Waals surface area contributed by atoms with Crippen molar-refractivity contribution in [2.75, 3.05) is 0 Å². The van der Waals surface area contributed by atoms with Crippen molar-refractivity contribution in [1.29, 1.82) is 0 Å². The van der Waals surface area contributed by atoms with Crippen LogP contribution in [0.25, 0.3) is 0 Å². The maximum Gasteiger partial charge on any atom is 0.00860 e. The lowest BCUT2D eigenvalue weighted by Gasteiger charge is -1.86. The third-order valence-corrected chi connectivity index (χ3v) is 0.925. The van der Waals surface area contributed by atoms with Gasteiger partial charge in [0, 0.05) is 6.42 Å². The summed E-state index contributed by atoms with van der Waals surface area (Å²) in [5.74, 6) is 2.60. The Balaban J connectivity index is -0.000000180. The van der Waals surface area contributed by atoms with Gasteiger partial charge in [-0.1, -0.05) is 19.8 Å². The van der Waals surface area contributed by atoms with Crippen molar-refractivity contribution in [3.05, 3.63) is 0 Å². The van der Waals surface area contributed by atoms with Gasteiger partial charge in [-0.2, -0.15) is 0 Å². The van der Waals surface area contributed by atoms with E-state index >= 15 is 0 Å². The Labute approximate surface area is 70.2 Å². The number of rotatable bonds is 3. The zero-order valence-electron chi connectivity index (χ0n) is 5.72. The first-order valence-electron chi connectivity index (χ1n) is 2.85. The zero-order valence-corrected chi connectivity index (χ0v) is 7.36. The Morgan fingerprint density at radius 1 is 1.22 bits per heavy atom. The van der Waals surface area contributed by atoms with Crippen LogP contribution in [0.2, 0.25) is 0 Å². The van der Waals surface area contributed by atoms with Gasteiger partial charge in [-0.3, -0.25) is 0 Å². The van der Waals surface area contributed by atoms with Crippen LogP contribution in [0.1, 0.15) is 32.6 Å². The Morgan fingerprint density at radius 2 is 1.78 bits per heavy atom. The molecule has 0 aliphatic rings. The Kier molecular flexibility index (Phi) is 28.0. The molecule has 0 aromatic heterocycles. The number of hydrogen-bond donors (Lipinski definition) is 0. The molecule has 0 aromatic carbocycles. The Bertz CT molecular complexity index is 63.8. The summed E-state index contributed by atoms with van der Waals surface area (Å²) in [5, 5.41) is 0. The molecule has 0 saturated carbocycles. The topological polar surface area (TPSA) is 0 Å². The highest BCUT2D eigenvalue weighted by molar-refractivity contribution is 5.85. The smallest absolute Gasteiger partial charge is 0.00860 e. The minimum Gasteiger partial charge on any atom is -0.147 e. The second kappa shape index (κ2) is 15.7. The fraction of sp³-hybridized carbons (Fsp3) is 0.714. The quantitative estimate of drug-likeness (QED) is 0.450. The fourth-order valence-electron chi connectivity index (χ4n) is 0.477. The molecule has 0 unspecified atom stereocenters. The lowest BCUT2D eigenvalue weighted by Crippen LogP contribution is -1.68. The number of terminal acetylenes is 1. The largest absolute Gasteiger partial charge is 0.147 e. The molecule has 0 fully saturated rings. The van der Waals surface area contributed by atoms with Crippen molar-refractivity contribution in [1.82, 2.24) is 0 Å². The monoisotopic (exact) mass is 168 g/mol. The van der Waals surface area contributed by atoms with Gasteiger partial charge in [0.15, 0.2) is 0 Å². The Hall–Kier alpha value is 0.140. The van der Waals surface area contributed by atoms with E-state index in [1.54, 1.807) is 0 Å². The van der Waals surface area contributed by atoms with Gasteiger partial charge in [-0.25, -0.2) is 0 Å². The van der Waals surface area contributed by atoms with Crippen molar-refractivity contribution in [3.8, 4) is 12.3 Å². The second-order valence-electron chi connectivity index (χ2n) is 1.66. The number of hydrogen-bond acceptors (Lipinski definition) is 0. The van der Waals surface area contributed by atoms with E-state index in [0.29, 0.717) is 0 Å². The standard InChI is InChI=1S/C7H12.2ClH/c1-3-5-7-6-4-2;;/h1H,4-7H2,2H3;2*1H. The van der Waals surface area contributed by atoms with E-state index in [0.717, 1.165) is 6.42 Å². The summed E-state index contributed by atoms with van der Waals surface area (Å²) < 4.78 is 0. The molecule has 2 heteroatoms. The van der Waals surface area contributed by atoms with E-state index in [4.69, 9.17) is 6.42 Å². The lowest BCUT2D eigenvalue weighted by atomic mass is 10.2. The van der Waals surface area contributed by atoms with Crippen molar-refractivity contribution >= 4 is 24.8 Å². The molecule has 0 saturated heterocycles. The molecule has 0 radical (unpaired) electrons. The molecular formula is C7H14Cl2. The van der Waals surface area contributed by atoms with Gasteiger partial charge in [0.05, 0.1) is 0 Å². The molecule has 0 spiro atoms. The molecule has 0 heterocycles. The first kappa shape index (κ1) is 16.1. The summed E-state index contributed by atoms with van der Waals surface area (Å²) in [6, 6.07) is 0.